The maximum atomic E-state index is 13.3. The van der Waals surface area contributed by atoms with Gasteiger partial charge in [0.15, 0.2) is 0 Å². The van der Waals surface area contributed by atoms with Gasteiger partial charge in [0.25, 0.3) is 5.91 Å². The Balaban J connectivity index is 1.53. The molecule has 6 nitrogen and oxygen atoms in total. The van der Waals surface area contributed by atoms with Crippen LogP contribution in [0.2, 0.25) is 0 Å². The van der Waals surface area contributed by atoms with Gasteiger partial charge in [0.2, 0.25) is 0 Å². The molecule has 4 rings (SSSR count). The summed E-state index contributed by atoms with van der Waals surface area (Å²) in [4.78, 5) is 29.0. The summed E-state index contributed by atoms with van der Waals surface area (Å²) in [7, 11) is 1.64. The van der Waals surface area contributed by atoms with Crippen molar-refractivity contribution in [2.75, 3.05) is 38.2 Å². The van der Waals surface area contributed by atoms with Crippen LogP contribution in [0.5, 0.6) is 5.75 Å². The van der Waals surface area contributed by atoms with Crippen LogP contribution >= 0.6 is 0 Å². The Kier molecular flexibility index (Phi) is 5.89. The molecule has 0 aromatic heterocycles. The number of aromatic carboxylic acids is 1. The quantitative estimate of drug-likeness (QED) is 0.641. The number of anilines is 1. The number of ether oxygens (including phenoxy) is 1. The summed E-state index contributed by atoms with van der Waals surface area (Å²) in [6.45, 7) is 2.61. The summed E-state index contributed by atoms with van der Waals surface area (Å²) in [6, 6.07) is 21.6. The van der Waals surface area contributed by atoms with Crippen molar-refractivity contribution in [1.29, 1.82) is 0 Å². The van der Waals surface area contributed by atoms with Crippen molar-refractivity contribution >= 4 is 17.6 Å². The summed E-state index contributed by atoms with van der Waals surface area (Å²) in [6.07, 6.45) is 0. The van der Waals surface area contributed by atoms with E-state index >= 15 is 0 Å². The Bertz CT molecular complexity index is 1090. The fourth-order valence-corrected chi connectivity index (χ4v) is 3.93. The van der Waals surface area contributed by atoms with Crippen LogP contribution in [0.3, 0.4) is 0 Å². The van der Waals surface area contributed by atoms with Crippen LogP contribution in [-0.2, 0) is 0 Å². The summed E-state index contributed by atoms with van der Waals surface area (Å²) in [5.41, 5.74) is 2.76. The second kappa shape index (κ2) is 8.92. The highest BCUT2D eigenvalue weighted by Gasteiger charge is 2.24. The fraction of sp³-hybridized carbons (Fsp3) is 0.200. The number of carbonyl (C=O) groups excluding carboxylic acids is 2. The van der Waals surface area contributed by atoms with Crippen LogP contribution in [0.1, 0.15) is 20.7 Å². The van der Waals surface area contributed by atoms with Crippen molar-refractivity contribution in [2.24, 2.45) is 0 Å². The van der Waals surface area contributed by atoms with Crippen LogP contribution in [0.4, 0.5) is 5.69 Å². The van der Waals surface area contributed by atoms with Crippen molar-refractivity contribution in [3.63, 3.8) is 0 Å². The van der Waals surface area contributed by atoms with Crippen molar-refractivity contribution in [2.45, 2.75) is 0 Å². The molecule has 1 amide bonds. The van der Waals surface area contributed by atoms with Gasteiger partial charge in [-0.05, 0) is 41.5 Å². The van der Waals surface area contributed by atoms with Crippen molar-refractivity contribution < 1.29 is 19.4 Å². The van der Waals surface area contributed by atoms with Gasteiger partial charge in [-0.15, -0.1) is 0 Å². The van der Waals surface area contributed by atoms with Crippen LogP contribution in [0.15, 0.2) is 72.8 Å². The molecule has 1 fully saturated rings. The van der Waals surface area contributed by atoms with Crippen LogP contribution < -0.4 is 14.7 Å². The zero-order valence-electron chi connectivity index (χ0n) is 17.3. The molecule has 0 saturated carbocycles. The zero-order chi connectivity index (χ0) is 21.8. The number of rotatable bonds is 5. The predicted octanol–water partition coefficient (Wildman–Crippen LogP) is 2.69. The minimum Gasteiger partial charge on any atom is -0.545 e. The average molecular weight is 415 g/mol. The first-order valence-corrected chi connectivity index (χ1v) is 10.2. The number of carboxylic acids is 1. The lowest BCUT2D eigenvalue weighted by Gasteiger charge is -2.36. The Morgan fingerprint density at radius 1 is 0.774 bits per heavy atom. The highest BCUT2D eigenvalue weighted by Crippen LogP contribution is 2.28. The summed E-state index contributed by atoms with van der Waals surface area (Å²) in [5.74, 6) is -0.546. The van der Waals surface area contributed by atoms with Gasteiger partial charge in [-0.3, -0.25) is 4.79 Å². The molecule has 6 heteroatoms. The summed E-state index contributed by atoms with van der Waals surface area (Å²) in [5, 5.41) is 11.6. The normalized spacial score (nSPS) is 13.7. The highest BCUT2D eigenvalue weighted by molar-refractivity contribution is 6.04. The fourth-order valence-electron chi connectivity index (χ4n) is 3.93. The molecule has 1 saturated heterocycles. The van der Waals surface area contributed by atoms with E-state index in [-0.39, 0.29) is 11.5 Å². The average Bonchev–Trinajstić information content (AvgIpc) is 2.84. The van der Waals surface area contributed by atoms with Gasteiger partial charge in [0, 0.05) is 43.0 Å². The molecule has 3 aromatic carbocycles. The number of benzene rings is 3. The molecule has 0 N–H and O–H groups in total. The minimum absolute atomic E-state index is 0.0760. The van der Waals surface area contributed by atoms with Gasteiger partial charge in [-0.2, -0.15) is 0 Å². The van der Waals surface area contributed by atoms with E-state index in [2.05, 4.69) is 4.90 Å². The maximum absolute atomic E-state index is 13.3. The predicted molar refractivity (Wildman–Crippen MR) is 117 cm³/mol. The molecule has 1 heterocycles. The lowest BCUT2D eigenvalue weighted by molar-refractivity contribution is -0.254. The number of hydrogen-bond donors (Lipinski definition) is 0. The van der Waals surface area contributed by atoms with Gasteiger partial charge in [0.05, 0.1) is 13.1 Å². The molecular weight excluding hydrogens is 392 g/mol. The number of carbonyl (C=O) groups is 2. The standard InChI is InChI=1S/C25H24N2O4/c1-31-19-12-10-18(11-13-19)26-14-16-27(17-15-26)24(28)22-8-4-2-6-20(22)21-7-3-5-9-23(21)25(29)30/h2-13H,14-17H2,1H3,(H,29,30)/p-1. The van der Waals surface area contributed by atoms with Gasteiger partial charge in [-0.25, -0.2) is 0 Å². The third kappa shape index (κ3) is 4.23. The zero-order valence-corrected chi connectivity index (χ0v) is 17.3. The molecule has 158 valence electrons. The first-order chi connectivity index (χ1) is 15.1. The maximum Gasteiger partial charge on any atom is 0.254 e. The number of carboxylic acid groups (broad SMARTS) is 1. The van der Waals surface area contributed by atoms with Gasteiger partial charge < -0.3 is 24.4 Å². The molecule has 0 spiro atoms. The number of methoxy groups -OCH3 is 1. The van der Waals surface area contributed by atoms with Gasteiger partial charge in [-0.1, -0.05) is 42.5 Å². The van der Waals surface area contributed by atoms with Crippen LogP contribution in [0, 0.1) is 0 Å². The van der Waals surface area contributed by atoms with Crippen LogP contribution in [0.25, 0.3) is 11.1 Å². The first-order valence-electron chi connectivity index (χ1n) is 10.2. The van der Waals surface area contributed by atoms with Crippen LogP contribution in [-0.4, -0.2) is 50.1 Å². The second-order valence-electron chi connectivity index (χ2n) is 7.36. The number of amides is 1. The smallest absolute Gasteiger partial charge is 0.254 e. The van der Waals surface area contributed by atoms with E-state index in [1.807, 2.05) is 29.2 Å². The van der Waals surface area contributed by atoms with E-state index < -0.39 is 5.97 Å². The van der Waals surface area contributed by atoms with E-state index in [4.69, 9.17) is 4.74 Å². The van der Waals surface area contributed by atoms with Crippen molar-refractivity contribution in [1.82, 2.24) is 4.90 Å². The third-order valence-corrected chi connectivity index (χ3v) is 5.60. The Morgan fingerprint density at radius 3 is 1.90 bits per heavy atom. The van der Waals surface area contributed by atoms with E-state index in [0.717, 1.165) is 24.5 Å². The molecule has 0 bridgehead atoms. The monoisotopic (exact) mass is 415 g/mol. The minimum atomic E-state index is -1.26. The molecule has 1 aliphatic heterocycles. The molecular formula is C25H23N2O4-. The summed E-state index contributed by atoms with van der Waals surface area (Å²) < 4.78 is 5.21. The first kappa shape index (κ1) is 20.5. The molecule has 0 atom stereocenters. The van der Waals surface area contributed by atoms with E-state index in [9.17, 15) is 14.7 Å². The molecule has 3 aromatic rings. The number of nitrogens with zero attached hydrogens (tertiary/aromatic N) is 2. The third-order valence-electron chi connectivity index (χ3n) is 5.60. The molecule has 0 radical (unpaired) electrons. The lowest BCUT2D eigenvalue weighted by Crippen LogP contribution is -2.48. The van der Waals surface area contributed by atoms with Crippen molar-refractivity contribution in [3.05, 3.63) is 83.9 Å². The van der Waals surface area contributed by atoms with E-state index in [1.54, 1.807) is 49.6 Å². The number of piperazine rings is 1. The Hall–Kier alpha value is -3.80. The highest BCUT2D eigenvalue weighted by atomic mass is 16.5. The van der Waals surface area contributed by atoms with E-state index in [1.165, 1.54) is 6.07 Å². The van der Waals surface area contributed by atoms with E-state index in [0.29, 0.717) is 29.8 Å². The number of hydrogen-bond acceptors (Lipinski definition) is 5. The van der Waals surface area contributed by atoms with Gasteiger partial charge in [0.1, 0.15) is 5.75 Å². The Labute approximate surface area is 181 Å². The largest absolute Gasteiger partial charge is 0.545 e. The Morgan fingerprint density at radius 2 is 1.32 bits per heavy atom. The SMILES string of the molecule is COc1ccc(N2CCN(C(=O)c3ccccc3-c3ccccc3C(=O)[O-])CC2)cc1. The molecule has 1 aliphatic rings. The second-order valence-corrected chi connectivity index (χ2v) is 7.36. The van der Waals surface area contributed by atoms with Crippen molar-refractivity contribution in [3.8, 4) is 16.9 Å². The molecule has 0 unspecified atom stereocenters. The van der Waals surface area contributed by atoms with Gasteiger partial charge >= 0.3 is 0 Å². The lowest BCUT2D eigenvalue weighted by atomic mass is 9.94. The topological polar surface area (TPSA) is 72.9 Å². The summed E-state index contributed by atoms with van der Waals surface area (Å²) >= 11 is 0. The molecule has 0 aliphatic carbocycles. The molecule has 31 heavy (non-hydrogen) atoms.